The molecule has 0 aliphatic carbocycles. The maximum atomic E-state index is 13.5. The van der Waals surface area contributed by atoms with Gasteiger partial charge in [0.1, 0.15) is 23.5 Å². The van der Waals surface area contributed by atoms with Gasteiger partial charge in [-0.05, 0) is 61.4 Å². The molecular weight excluding hydrogens is 530 g/mol. The number of halogens is 4. The van der Waals surface area contributed by atoms with Crippen LogP contribution in [0.2, 0.25) is 0 Å². The Balaban J connectivity index is 1.24. The normalized spacial score (nSPS) is 16.4. The Morgan fingerprint density at radius 1 is 1.08 bits per heavy atom. The molecule has 1 fully saturated rings. The largest absolute Gasteiger partial charge is 0.573 e. The molecule has 0 unspecified atom stereocenters. The fourth-order valence-electron chi connectivity index (χ4n) is 4.14. The molecule has 2 aromatic carbocycles. The summed E-state index contributed by atoms with van der Waals surface area (Å²) in [7, 11) is -4.09. The number of hydrogen-bond donors (Lipinski definition) is 0. The van der Waals surface area contributed by atoms with Crippen molar-refractivity contribution in [2.24, 2.45) is 0 Å². The van der Waals surface area contributed by atoms with Crippen LogP contribution < -0.4 is 4.74 Å². The van der Waals surface area contributed by atoms with Crippen LogP contribution in [0.15, 0.2) is 70.4 Å². The number of ether oxygens (including phenoxy) is 1. The smallest absolute Gasteiger partial charge is 0.443 e. The topological polar surface area (TPSA) is 103 Å². The highest BCUT2D eigenvalue weighted by Crippen LogP contribution is 2.32. The number of fused-ring (bicyclic) bond motifs is 1. The number of Topliss-reactive ketones (excluding diaryl/α,β-unsaturated/α-hetero) is 1. The Labute approximate surface area is 213 Å². The summed E-state index contributed by atoms with van der Waals surface area (Å²) in [5, 5.41) is -0.0586. The number of rotatable bonds is 8. The van der Waals surface area contributed by atoms with E-state index < -0.39 is 28.2 Å². The zero-order valence-electron chi connectivity index (χ0n) is 19.5. The number of carbonyl (C=O) groups is 1. The summed E-state index contributed by atoms with van der Waals surface area (Å²) in [5.41, 5.74) is 1.69. The quantitative estimate of drug-likeness (QED) is 0.288. The lowest BCUT2D eigenvalue weighted by Crippen LogP contribution is -2.54. The molecule has 1 aliphatic heterocycles. The van der Waals surface area contributed by atoms with Gasteiger partial charge in [0, 0.05) is 35.7 Å². The average molecular weight is 550 g/mol. The Morgan fingerprint density at radius 3 is 2.53 bits per heavy atom. The van der Waals surface area contributed by atoms with Gasteiger partial charge in [-0.1, -0.05) is 0 Å². The molecule has 0 bridgehead atoms. The molecule has 4 aromatic rings. The second-order valence-electron chi connectivity index (χ2n) is 8.60. The Morgan fingerprint density at radius 2 is 1.84 bits per heavy atom. The fraction of sp³-hybridized carbons (Fsp3) is 0.240. The molecule has 5 rings (SSSR count). The number of hydrogen-bond acceptors (Lipinski definition) is 7. The molecular formula is C25H19F4N3O5S. The van der Waals surface area contributed by atoms with E-state index in [9.17, 15) is 30.8 Å². The number of alkyl halides is 3. The van der Waals surface area contributed by atoms with Gasteiger partial charge in [-0.25, -0.2) is 22.8 Å². The third kappa shape index (κ3) is 5.38. The molecule has 198 valence electrons. The predicted octanol–water partition coefficient (Wildman–Crippen LogP) is 4.89. The minimum absolute atomic E-state index is 0.0108. The first-order valence-corrected chi connectivity index (χ1v) is 12.8. The molecule has 3 heterocycles. The van der Waals surface area contributed by atoms with Crippen molar-refractivity contribution >= 4 is 26.8 Å². The van der Waals surface area contributed by atoms with Gasteiger partial charge in [-0.3, -0.25) is 4.79 Å². The van der Waals surface area contributed by atoms with Crippen LogP contribution in [0.25, 0.3) is 22.2 Å². The van der Waals surface area contributed by atoms with Crippen LogP contribution in [0.3, 0.4) is 0 Å². The van der Waals surface area contributed by atoms with Crippen LogP contribution >= 0.6 is 0 Å². The second-order valence-corrected chi connectivity index (χ2v) is 10.4. The summed E-state index contributed by atoms with van der Waals surface area (Å²) in [6.45, 7) is 0.149. The van der Waals surface area contributed by atoms with E-state index in [0.29, 0.717) is 28.8 Å². The molecule has 2 aromatic heterocycles. The van der Waals surface area contributed by atoms with Crippen LogP contribution in [0.1, 0.15) is 18.5 Å². The highest BCUT2D eigenvalue weighted by molar-refractivity contribution is 7.89. The molecule has 0 radical (unpaired) electrons. The minimum Gasteiger partial charge on any atom is -0.443 e. The molecule has 38 heavy (non-hydrogen) atoms. The minimum atomic E-state index is -4.79. The predicted molar refractivity (Wildman–Crippen MR) is 126 cm³/mol. The summed E-state index contributed by atoms with van der Waals surface area (Å²) in [5.74, 6) is -1.19. The van der Waals surface area contributed by atoms with Crippen molar-refractivity contribution in [3.05, 3.63) is 72.4 Å². The molecule has 0 amide bonds. The van der Waals surface area contributed by atoms with E-state index in [4.69, 9.17) is 4.42 Å². The molecule has 1 atom stereocenters. The summed E-state index contributed by atoms with van der Waals surface area (Å²) in [4.78, 5) is 21.1. The van der Waals surface area contributed by atoms with Crippen LogP contribution in [0, 0.1) is 5.82 Å². The van der Waals surface area contributed by atoms with E-state index in [1.807, 2.05) is 0 Å². The average Bonchev–Trinajstić information content (AvgIpc) is 3.26. The zero-order chi connectivity index (χ0) is 27.1. The molecule has 8 nitrogen and oxygen atoms in total. The number of carbonyl (C=O) groups excluding carboxylic acids is 1. The fourth-order valence-corrected chi connectivity index (χ4v) is 5.75. The SMILES string of the molecule is O=C(CCc1cc(-c2ccc(OC(F)(F)F)cc2)ncn1)[C@@H]1CCN1S(=O)(=O)c1cc2cc(F)ccc2o1. The van der Waals surface area contributed by atoms with Crippen molar-refractivity contribution in [3.8, 4) is 17.0 Å². The molecule has 1 saturated heterocycles. The van der Waals surface area contributed by atoms with Gasteiger partial charge in [-0.2, -0.15) is 4.31 Å². The van der Waals surface area contributed by atoms with Gasteiger partial charge in [0.25, 0.3) is 10.0 Å². The van der Waals surface area contributed by atoms with E-state index in [0.717, 1.165) is 28.6 Å². The van der Waals surface area contributed by atoms with Crippen molar-refractivity contribution in [3.63, 3.8) is 0 Å². The van der Waals surface area contributed by atoms with E-state index in [2.05, 4.69) is 14.7 Å². The van der Waals surface area contributed by atoms with Crippen molar-refractivity contribution in [1.29, 1.82) is 0 Å². The first-order chi connectivity index (χ1) is 18.0. The van der Waals surface area contributed by atoms with Gasteiger partial charge in [0.2, 0.25) is 5.09 Å². The number of sulfonamides is 1. The van der Waals surface area contributed by atoms with E-state index in [1.165, 1.54) is 30.6 Å². The molecule has 1 aliphatic rings. The summed E-state index contributed by atoms with van der Waals surface area (Å²) < 4.78 is 87.0. The van der Waals surface area contributed by atoms with Gasteiger partial charge < -0.3 is 9.15 Å². The summed E-state index contributed by atoms with van der Waals surface area (Å²) in [6, 6.07) is 10.8. The number of ketones is 1. The van der Waals surface area contributed by atoms with Gasteiger partial charge in [-0.15, -0.1) is 13.2 Å². The standard InChI is InChI=1S/C25H19F4N3O5S/c26-17-3-8-23-16(11-17)12-24(36-23)38(34,35)32-10-9-21(32)22(33)7-4-18-13-20(31-14-30-18)15-1-5-19(6-2-15)37-25(27,28)29/h1-3,5-6,8,11-14,21H,4,7,9-10H2/t21-/m0/s1. The van der Waals surface area contributed by atoms with Crippen molar-refractivity contribution in [1.82, 2.24) is 14.3 Å². The maximum absolute atomic E-state index is 13.5. The second kappa shape index (κ2) is 9.80. The number of nitrogens with zero attached hydrogens (tertiary/aromatic N) is 3. The Hall–Kier alpha value is -3.84. The monoisotopic (exact) mass is 549 g/mol. The van der Waals surface area contributed by atoms with Crippen LogP contribution in [-0.2, 0) is 21.2 Å². The van der Waals surface area contributed by atoms with Gasteiger partial charge in [0.15, 0.2) is 5.78 Å². The highest BCUT2D eigenvalue weighted by atomic mass is 32.2. The lowest BCUT2D eigenvalue weighted by atomic mass is 9.98. The number of furan rings is 1. The lowest BCUT2D eigenvalue weighted by Gasteiger charge is -2.37. The number of aryl methyl sites for hydroxylation is 1. The third-order valence-corrected chi connectivity index (χ3v) is 7.86. The van der Waals surface area contributed by atoms with Gasteiger partial charge >= 0.3 is 6.36 Å². The van der Waals surface area contributed by atoms with Crippen LogP contribution in [0.4, 0.5) is 17.6 Å². The Bertz CT molecular complexity index is 1600. The number of benzene rings is 2. The molecule has 0 saturated carbocycles. The Kier molecular flexibility index (Phi) is 6.65. The van der Waals surface area contributed by atoms with Gasteiger partial charge in [0.05, 0.1) is 11.7 Å². The third-order valence-electron chi connectivity index (χ3n) is 6.10. The van der Waals surface area contributed by atoms with Crippen molar-refractivity contribution in [2.45, 2.75) is 36.8 Å². The molecule has 0 N–H and O–H groups in total. The van der Waals surface area contributed by atoms with Crippen LogP contribution in [0.5, 0.6) is 5.75 Å². The first-order valence-electron chi connectivity index (χ1n) is 11.4. The van der Waals surface area contributed by atoms with E-state index in [1.54, 1.807) is 6.07 Å². The summed E-state index contributed by atoms with van der Waals surface area (Å²) >= 11 is 0. The van der Waals surface area contributed by atoms with Crippen molar-refractivity contribution in [2.75, 3.05) is 6.54 Å². The number of aromatic nitrogens is 2. The van der Waals surface area contributed by atoms with Crippen LogP contribution in [-0.4, -0.2) is 47.4 Å². The van der Waals surface area contributed by atoms with E-state index in [-0.39, 0.29) is 41.6 Å². The highest BCUT2D eigenvalue weighted by Gasteiger charge is 2.43. The zero-order valence-corrected chi connectivity index (χ0v) is 20.3. The molecule has 13 heteroatoms. The van der Waals surface area contributed by atoms with Crippen molar-refractivity contribution < 1.29 is 39.9 Å². The molecule has 0 spiro atoms. The lowest BCUT2D eigenvalue weighted by molar-refractivity contribution is -0.274. The first kappa shape index (κ1) is 25.8. The van der Waals surface area contributed by atoms with E-state index >= 15 is 0 Å². The maximum Gasteiger partial charge on any atom is 0.573 e. The summed E-state index contributed by atoms with van der Waals surface area (Å²) in [6.07, 6.45) is -2.94.